The van der Waals surface area contributed by atoms with Gasteiger partial charge in [-0.1, -0.05) is 29.8 Å². The summed E-state index contributed by atoms with van der Waals surface area (Å²) in [5.74, 6) is 1.29. The number of aromatic nitrogens is 2. The third kappa shape index (κ3) is 3.44. The third-order valence-electron chi connectivity index (χ3n) is 5.16. The minimum atomic E-state index is -0.251. The van der Waals surface area contributed by atoms with E-state index >= 15 is 0 Å². The molecule has 2 atom stereocenters. The van der Waals surface area contributed by atoms with E-state index in [0.29, 0.717) is 12.5 Å². The number of nitrogens with zero attached hydrogens (tertiary/aromatic N) is 2. The highest BCUT2D eigenvalue weighted by Crippen LogP contribution is 2.35. The Hall–Kier alpha value is -1.85. The fraction of sp³-hybridized carbons (Fsp3) is 0.474. The van der Waals surface area contributed by atoms with Crippen molar-refractivity contribution in [2.75, 3.05) is 19.7 Å². The highest BCUT2D eigenvalue weighted by Gasteiger charge is 2.40. The Balaban J connectivity index is 1.36. The van der Waals surface area contributed by atoms with Crippen molar-refractivity contribution in [1.29, 1.82) is 0 Å². The second kappa shape index (κ2) is 7.18. The molecule has 6 heteroatoms. The lowest BCUT2D eigenvalue weighted by Crippen LogP contribution is -2.54. The molecule has 25 heavy (non-hydrogen) atoms. The van der Waals surface area contributed by atoms with Crippen LogP contribution in [0.3, 0.4) is 0 Å². The molecule has 1 aromatic heterocycles. The first-order valence-corrected chi connectivity index (χ1v) is 9.23. The van der Waals surface area contributed by atoms with Crippen molar-refractivity contribution in [1.82, 2.24) is 14.9 Å². The van der Waals surface area contributed by atoms with Gasteiger partial charge in [0.05, 0.1) is 5.92 Å². The van der Waals surface area contributed by atoms with Crippen LogP contribution < -0.4 is 0 Å². The van der Waals surface area contributed by atoms with E-state index in [1.54, 1.807) is 12.4 Å². The number of rotatable bonds is 4. The number of likely N-dealkylation sites (tertiary alicyclic amines) is 1. The molecular formula is C19H22ClN3O2. The number of hydrogen-bond acceptors (Lipinski definition) is 3. The van der Waals surface area contributed by atoms with Crippen LogP contribution in [0.5, 0.6) is 0 Å². The first kappa shape index (κ1) is 16.6. The van der Waals surface area contributed by atoms with Crippen molar-refractivity contribution in [3.05, 3.63) is 53.1 Å². The van der Waals surface area contributed by atoms with Gasteiger partial charge in [0.25, 0.3) is 0 Å². The van der Waals surface area contributed by atoms with Crippen molar-refractivity contribution in [3.63, 3.8) is 0 Å². The van der Waals surface area contributed by atoms with Crippen LogP contribution in [0.15, 0.2) is 36.7 Å². The largest absolute Gasteiger partial charge is 0.369 e. The number of carbonyl (C=O) groups excluding carboxylic acids is 1. The van der Waals surface area contributed by atoms with E-state index in [9.17, 15) is 4.79 Å². The van der Waals surface area contributed by atoms with Crippen LogP contribution in [-0.4, -0.2) is 40.5 Å². The number of aromatic amines is 1. The molecule has 1 amide bonds. The smallest absolute Gasteiger partial charge is 0.228 e. The zero-order chi connectivity index (χ0) is 17.2. The van der Waals surface area contributed by atoms with Gasteiger partial charge in [-0.25, -0.2) is 4.98 Å². The highest BCUT2D eigenvalue weighted by atomic mass is 35.5. The van der Waals surface area contributed by atoms with Gasteiger partial charge < -0.3 is 14.6 Å². The average molecular weight is 360 g/mol. The van der Waals surface area contributed by atoms with E-state index in [0.717, 1.165) is 48.8 Å². The topological polar surface area (TPSA) is 58.2 Å². The van der Waals surface area contributed by atoms with E-state index in [-0.39, 0.29) is 17.9 Å². The molecule has 0 bridgehead atoms. The monoisotopic (exact) mass is 359 g/mol. The second-order valence-corrected chi connectivity index (χ2v) is 7.33. The molecule has 1 aromatic carbocycles. The van der Waals surface area contributed by atoms with Gasteiger partial charge in [0, 0.05) is 37.1 Å². The molecule has 0 radical (unpaired) electrons. The Labute approximate surface area is 152 Å². The summed E-state index contributed by atoms with van der Waals surface area (Å²) in [5, 5.41) is 0.811. The predicted octanol–water partition coefficient (Wildman–Crippen LogP) is 3.23. The van der Waals surface area contributed by atoms with Gasteiger partial charge in [0.1, 0.15) is 11.9 Å². The first-order valence-electron chi connectivity index (χ1n) is 8.85. The zero-order valence-corrected chi connectivity index (χ0v) is 14.8. The molecule has 2 aliphatic rings. The van der Waals surface area contributed by atoms with Crippen molar-refractivity contribution in [2.24, 2.45) is 11.8 Å². The number of nitrogens with one attached hydrogen (secondary N) is 1. The number of benzene rings is 1. The molecule has 2 fully saturated rings. The molecule has 2 aromatic rings. The van der Waals surface area contributed by atoms with Gasteiger partial charge in [0.2, 0.25) is 5.91 Å². The normalized spacial score (nSPS) is 24.1. The van der Waals surface area contributed by atoms with Gasteiger partial charge in [-0.15, -0.1) is 0 Å². The number of halogens is 1. The van der Waals surface area contributed by atoms with Crippen LogP contribution in [-0.2, 0) is 16.0 Å². The summed E-state index contributed by atoms with van der Waals surface area (Å²) in [5.41, 5.74) is 1.16. The molecule has 0 aliphatic carbocycles. The van der Waals surface area contributed by atoms with Crippen molar-refractivity contribution in [2.45, 2.75) is 25.4 Å². The molecular weight excluding hydrogens is 338 g/mol. The minimum absolute atomic E-state index is 0.138. The number of ether oxygens (including phenoxy) is 1. The zero-order valence-electron chi connectivity index (χ0n) is 14.0. The molecule has 4 rings (SSSR count). The molecule has 0 saturated carbocycles. The maximum absolute atomic E-state index is 12.9. The third-order valence-corrected chi connectivity index (χ3v) is 5.53. The number of hydrogen-bond donors (Lipinski definition) is 1. The van der Waals surface area contributed by atoms with Gasteiger partial charge in [-0.2, -0.15) is 0 Å². The summed E-state index contributed by atoms with van der Waals surface area (Å²) in [4.78, 5) is 22.3. The highest BCUT2D eigenvalue weighted by molar-refractivity contribution is 6.31. The van der Waals surface area contributed by atoms with Crippen molar-refractivity contribution in [3.8, 4) is 0 Å². The SMILES string of the molecule is O=C([C@@H]1CCCO[C@H]1c1ncc[nH]1)N1CC(Cc2ccccc2Cl)C1. The van der Waals surface area contributed by atoms with Crippen molar-refractivity contribution >= 4 is 17.5 Å². The average Bonchev–Trinajstić information content (AvgIpc) is 3.13. The lowest BCUT2D eigenvalue weighted by molar-refractivity contribution is -0.152. The van der Waals surface area contributed by atoms with Crippen LogP contribution in [0.2, 0.25) is 5.02 Å². The fourth-order valence-electron chi connectivity index (χ4n) is 3.82. The van der Waals surface area contributed by atoms with Crippen LogP contribution >= 0.6 is 11.6 Å². The fourth-order valence-corrected chi connectivity index (χ4v) is 4.04. The summed E-state index contributed by atoms with van der Waals surface area (Å²) in [6, 6.07) is 7.94. The summed E-state index contributed by atoms with van der Waals surface area (Å²) in [7, 11) is 0. The van der Waals surface area contributed by atoms with E-state index in [1.165, 1.54) is 0 Å². The number of H-pyrrole nitrogens is 1. The number of amides is 1. The van der Waals surface area contributed by atoms with Crippen molar-refractivity contribution < 1.29 is 9.53 Å². The summed E-state index contributed by atoms with van der Waals surface area (Å²) in [6.45, 7) is 2.28. The number of carbonyl (C=O) groups is 1. The Kier molecular flexibility index (Phi) is 4.77. The van der Waals surface area contributed by atoms with Gasteiger partial charge >= 0.3 is 0 Å². The summed E-state index contributed by atoms with van der Waals surface area (Å²) in [6.07, 6.45) is 5.93. The first-order chi connectivity index (χ1) is 12.2. The Morgan fingerprint density at radius 1 is 1.36 bits per heavy atom. The molecule has 0 spiro atoms. The van der Waals surface area contributed by atoms with E-state index in [4.69, 9.17) is 16.3 Å². The quantitative estimate of drug-likeness (QED) is 0.911. The molecule has 1 N–H and O–H groups in total. The lowest BCUT2D eigenvalue weighted by Gasteiger charge is -2.43. The summed E-state index contributed by atoms with van der Waals surface area (Å²) < 4.78 is 5.85. The summed E-state index contributed by atoms with van der Waals surface area (Å²) >= 11 is 6.24. The second-order valence-electron chi connectivity index (χ2n) is 6.92. The molecule has 2 aliphatic heterocycles. The molecule has 2 saturated heterocycles. The Bertz CT molecular complexity index is 728. The predicted molar refractivity (Wildman–Crippen MR) is 95.2 cm³/mol. The Morgan fingerprint density at radius 2 is 2.20 bits per heavy atom. The lowest BCUT2D eigenvalue weighted by atomic mass is 9.87. The maximum atomic E-state index is 12.9. The molecule has 0 unspecified atom stereocenters. The van der Waals surface area contributed by atoms with Crippen LogP contribution in [0, 0.1) is 11.8 Å². The minimum Gasteiger partial charge on any atom is -0.369 e. The standard InChI is InChI=1S/C19H22ClN3O2/c20-16-6-2-1-4-14(16)10-13-11-23(12-13)19(24)15-5-3-9-25-17(15)18-21-7-8-22-18/h1-2,4,6-8,13,15,17H,3,5,9-12H2,(H,21,22)/t15-,17-/m1/s1. The van der Waals surface area contributed by atoms with Crippen LogP contribution in [0.1, 0.15) is 30.3 Å². The van der Waals surface area contributed by atoms with Gasteiger partial charge in [-0.3, -0.25) is 4.79 Å². The van der Waals surface area contributed by atoms with Crippen LogP contribution in [0.4, 0.5) is 0 Å². The molecule has 132 valence electrons. The van der Waals surface area contributed by atoms with E-state index in [1.807, 2.05) is 23.1 Å². The Morgan fingerprint density at radius 3 is 2.96 bits per heavy atom. The van der Waals surface area contributed by atoms with Gasteiger partial charge in [-0.05, 0) is 36.8 Å². The van der Waals surface area contributed by atoms with Gasteiger partial charge in [0.15, 0.2) is 0 Å². The number of imidazole rings is 1. The van der Waals surface area contributed by atoms with E-state index in [2.05, 4.69) is 16.0 Å². The van der Waals surface area contributed by atoms with E-state index < -0.39 is 0 Å². The van der Waals surface area contributed by atoms with Crippen LogP contribution in [0.25, 0.3) is 0 Å². The maximum Gasteiger partial charge on any atom is 0.228 e. The molecule has 5 nitrogen and oxygen atoms in total. The molecule has 3 heterocycles.